The van der Waals surface area contributed by atoms with Crippen LogP contribution >= 0.6 is 27.3 Å². The Morgan fingerprint density at radius 2 is 2.08 bits per heavy atom. The number of nitrogens with zero attached hydrogens (tertiary/aromatic N) is 1. The number of carbonyl (C=O) groups excluding carboxylic acids is 1. The summed E-state index contributed by atoms with van der Waals surface area (Å²) in [7, 11) is 3.43. The summed E-state index contributed by atoms with van der Waals surface area (Å²) in [6, 6.07) is 2.30. The Kier molecular flexibility index (Phi) is 5.50. The van der Waals surface area contributed by atoms with Crippen molar-refractivity contribution in [3.8, 4) is 10.8 Å². The summed E-state index contributed by atoms with van der Waals surface area (Å²) in [6.45, 7) is 1.37. The summed E-state index contributed by atoms with van der Waals surface area (Å²) in [6.07, 6.45) is 3.69. The number of anilines is 1. The van der Waals surface area contributed by atoms with Crippen LogP contribution in [0.25, 0.3) is 0 Å². The van der Waals surface area contributed by atoms with Crippen LogP contribution in [0.3, 0.4) is 0 Å². The monoisotopic (exact) mass is 413 g/mol. The van der Waals surface area contributed by atoms with E-state index in [0.29, 0.717) is 24.1 Å². The predicted molar refractivity (Wildman–Crippen MR) is 96.8 cm³/mol. The van der Waals surface area contributed by atoms with E-state index in [2.05, 4.69) is 31.6 Å². The van der Waals surface area contributed by atoms with Gasteiger partial charge in [0.2, 0.25) is 0 Å². The van der Waals surface area contributed by atoms with Crippen LogP contribution in [0.4, 0.5) is 5.69 Å². The quantitative estimate of drug-likeness (QED) is 0.561. The predicted octanol–water partition coefficient (Wildman–Crippen LogP) is 3.36. The summed E-state index contributed by atoms with van der Waals surface area (Å²) in [4.78, 5) is 18.4. The van der Waals surface area contributed by atoms with Crippen molar-refractivity contribution in [2.24, 2.45) is 0 Å². The number of ether oxygens (including phenoxy) is 3. The van der Waals surface area contributed by atoms with Crippen molar-refractivity contribution in [3.05, 3.63) is 15.8 Å². The Balaban J connectivity index is 1.77. The molecule has 2 heterocycles. The van der Waals surface area contributed by atoms with Gasteiger partial charge in [0.15, 0.2) is 5.79 Å². The van der Waals surface area contributed by atoms with Crippen molar-refractivity contribution < 1.29 is 19.0 Å². The number of esters is 1. The molecule has 1 aromatic heterocycles. The average molecular weight is 414 g/mol. The van der Waals surface area contributed by atoms with Crippen LogP contribution in [0.2, 0.25) is 0 Å². The van der Waals surface area contributed by atoms with E-state index in [1.165, 1.54) is 18.4 Å². The van der Waals surface area contributed by atoms with Gasteiger partial charge in [-0.1, -0.05) is 0 Å². The molecule has 1 saturated carbocycles. The fourth-order valence-electron chi connectivity index (χ4n) is 3.40. The highest BCUT2D eigenvalue weighted by atomic mass is 79.9. The molecule has 0 N–H and O–H groups in total. The minimum Gasteiger partial charge on any atom is -0.465 e. The first-order valence-electron chi connectivity index (χ1n) is 7.93. The standard InChI is InChI=1S/C17H20BrNO4S/c1-19(12-3-6-17(7-4-12)22-9-10-23-17)14-11-13(5-8-18)24-15(14)16(20)21-2/h11-12H,3-4,6-7,9-10H2,1-2H3. The van der Waals surface area contributed by atoms with E-state index in [4.69, 9.17) is 14.2 Å². The van der Waals surface area contributed by atoms with E-state index in [1.54, 1.807) is 0 Å². The maximum Gasteiger partial charge on any atom is 0.350 e. The summed E-state index contributed by atoms with van der Waals surface area (Å²) in [5.41, 5.74) is 0.881. The number of hydrogen-bond acceptors (Lipinski definition) is 6. The third-order valence-electron chi connectivity index (χ3n) is 4.71. The van der Waals surface area contributed by atoms with E-state index in [9.17, 15) is 4.79 Å². The van der Waals surface area contributed by atoms with Gasteiger partial charge in [-0.3, -0.25) is 0 Å². The highest BCUT2D eigenvalue weighted by molar-refractivity contribution is 9.12. The van der Waals surface area contributed by atoms with Gasteiger partial charge in [-0.25, -0.2) is 4.79 Å². The van der Waals surface area contributed by atoms with Gasteiger partial charge in [-0.05, 0) is 29.7 Å². The van der Waals surface area contributed by atoms with E-state index >= 15 is 0 Å². The van der Waals surface area contributed by atoms with Crippen molar-refractivity contribution in [1.82, 2.24) is 0 Å². The van der Waals surface area contributed by atoms with Crippen LogP contribution < -0.4 is 4.90 Å². The Morgan fingerprint density at radius 3 is 2.67 bits per heavy atom. The molecule has 1 aliphatic heterocycles. The molecule has 0 bridgehead atoms. The molecule has 3 rings (SSSR count). The van der Waals surface area contributed by atoms with Crippen molar-refractivity contribution in [2.45, 2.75) is 37.5 Å². The topological polar surface area (TPSA) is 48.0 Å². The summed E-state index contributed by atoms with van der Waals surface area (Å²) in [5.74, 6) is 2.26. The minimum atomic E-state index is -0.371. The van der Waals surface area contributed by atoms with Gasteiger partial charge in [-0.2, -0.15) is 0 Å². The zero-order valence-electron chi connectivity index (χ0n) is 13.8. The lowest BCUT2D eigenvalue weighted by atomic mass is 9.89. The van der Waals surface area contributed by atoms with E-state index in [-0.39, 0.29) is 11.8 Å². The summed E-state index contributed by atoms with van der Waals surface area (Å²) >= 11 is 4.47. The van der Waals surface area contributed by atoms with Gasteiger partial charge in [-0.15, -0.1) is 11.3 Å². The lowest BCUT2D eigenvalue weighted by Gasteiger charge is -2.39. The molecule has 1 aromatic rings. The molecule has 24 heavy (non-hydrogen) atoms. The number of thiophene rings is 1. The van der Waals surface area contributed by atoms with Crippen LogP contribution in [-0.4, -0.2) is 45.2 Å². The van der Waals surface area contributed by atoms with Gasteiger partial charge < -0.3 is 19.1 Å². The smallest absolute Gasteiger partial charge is 0.350 e. The van der Waals surface area contributed by atoms with Crippen LogP contribution in [-0.2, 0) is 14.2 Å². The lowest BCUT2D eigenvalue weighted by molar-refractivity contribution is -0.178. The molecule has 5 nitrogen and oxygen atoms in total. The molecule has 0 radical (unpaired) electrons. The second-order valence-corrected chi connectivity index (χ2v) is 7.43. The maximum absolute atomic E-state index is 12.1. The number of carbonyl (C=O) groups is 1. The average Bonchev–Trinajstić information content (AvgIpc) is 3.22. The van der Waals surface area contributed by atoms with E-state index in [0.717, 1.165) is 36.2 Å². The Hall–Kier alpha value is -1.07. The molecule has 0 amide bonds. The first-order chi connectivity index (χ1) is 11.6. The molecule has 0 aromatic carbocycles. The second-order valence-electron chi connectivity index (χ2n) is 5.99. The molecule has 1 spiro atoms. The van der Waals surface area contributed by atoms with Gasteiger partial charge in [0.25, 0.3) is 0 Å². The highest BCUT2D eigenvalue weighted by Gasteiger charge is 2.41. The molecular weight excluding hydrogens is 394 g/mol. The Labute approximate surface area is 154 Å². The second kappa shape index (κ2) is 7.44. The number of halogens is 1. The Bertz CT molecular complexity index is 662. The van der Waals surface area contributed by atoms with Crippen LogP contribution in [0.5, 0.6) is 0 Å². The summed E-state index contributed by atoms with van der Waals surface area (Å²) in [5, 5.41) is 0. The lowest BCUT2D eigenvalue weighted by Crippen LogP contribution is -2.43. The van der Waals surface area contributed by atoms with Gasteiger partial charge in [0.1, 0.15) is 4.88 Å². The number of methoxy groups -OCH3 is 1. The zero-order chi connectivity index (χ0) is 17.2. The normalized spacial score (nSPS) is 19.8. The number of hydrogen-bond donors (Lipinski definition) is 0. The fraction of sp³-hybridized carbons (Fsp3) is 0.588. The van der Waals surface area contributed by atoms with Gasteiger partial charge in [0, 0.05) is 41.9 Å². The molecule has 0 unspecified atom stereocenters. The third kappa shape index (κ3) is 3.47. The van der Waals surface area contributed by atoms with Crippen molar-refractivity contribution in [3.63, 3.8) is 0 Å². The van der Waals surface area contributed by atoms with Gasteiger partial charge >= 0.3 is 5.97 Å². The fourth-order valence-corrected chi connectivity index (χ4v) is 4.71. The van der Waals surface area contributed by atoms with Crippen LogP contribution in [0, 0.1) is 10.8 Å². The molecule has 1 saturated heterocycles. The van der Waals surface area contributed by atoms with Crippen molar-refractivity contribution in [1.29, 1.82) is 0 Å². The van der Waals surface area contributed by atoms with E-state index in [1.807, 2.05) is 13.1 Å². The molecule has 7 heteroatoms. The van der Waals surface area contributed by atoms with Crippen molar-refractivity contribution >= 4 is 38.9 Å². The Morgan fingerprint density at radius 1 is 1.42 bits per heavy atom. The molecule has 1 aliphatic carbocycles. The molecular formula is C17H20BrNO4S. The highest BCUT2D eigenvalue weighted by Crippen LogP contribution is 2.40. The summed E-state index contributed by atoms with van der Waals surface area (Å²) < 4.78 is 16.5. The zero-order valence-corrected chi connectivity index (χ0v) is 16.2. The van der Waals surface area contributed by atoms with E-state index < -0.39 is 0 Å². The van der Waals surface area contributed by atoms with Gasteiger partial charge in [0.05, 0.1) is 30.9 Å². The number of rotatable bonds is 3. The van der Waals surface area contributed by atoms with Crippen LogP contribution in [0.1, 0.15) is 40.2 Å². The minimum absolute atomic E-state index is 0.320. The van der Waals surface area contributed by atoms with Crippen molar-refractivity contribution in [2.75, 3.05) is 32.3 Å². The SMILES string of the molecule is COC(=O)c1sc(C#CBr)cc1N(C)C1CCC2(CC1)OCCO2. The maximum atomic E-state index is 12.1. The van der Waals surface area contributed by atoms with Crippen LogP contribution in [0.15, 0.2) is 6.07 Å². The molecule has 2 aliphatic rings. The first-order valence-corrected chi connectivity index (χ1v) is 9.54. The molecule has 2 fully saturated rings. The first kappa shape index (κ1) is 17.7. The third-order valence-corrected chi connectivity index (χ3v) is 5.93. The largest absolute Gasteiger partial charge is 0.465 e. The molecule has 130 valence electrons. The molecule has 0 atom stereocenters.